The molecule has 33 heavy (non-hydrogen) atoms. The lowest BCUT2D eigenvalue weighted by Crippen LogP contribution is -2.68. The zero-order chi connectivity index (χ0) is 23.7. The van der Waals surface area contributed by atoms with Crippen LogP contribution in [-0.4, -0.2) is 80.6 Å². The first kappa shape index (κ1) is 21.6. The summed E-state index contributed by atoms with van der Waals surface area (Å²) < 4.78 is 0. The summed E-state index contributed by atoms with van der Waals surface area (Å²) in [7, 11) is 0. The van der Waals surface area contributed by atoms with Gasteiger partial charge >= 0.3 is 0 Å². The zero-order valence-corrected chi connectivity index (χ0v) is 17.7. The van der Waals surface area contributed by atoms with Crippen LogP contribution in [0, 0.1) is 11.8 Å². The van der Waals surface area contributed by atoms with E-state index in [0.29, 0.717) is 38.2 Å². The lowest BCUT2D eigenvalue weighted by molar-refractivity contribution is -0.155. The van der Waals surface area contributed by atoms with E-state index >= 15 is 0 Å². The number of rotatable bonds is 2. The van der Waals surface area contributed by atoms with E-state index in [0.717, 1.165) is 0 Å². The molecule has 4 aliphatic rings. The second kappa shape index (κ2) is 7.41. The molecule has 1 aromatic rings. The molecule has 7 N–H and O–H groups in total. The Morgan fingerprint density at radius 2 is 1.85 bits per heavy atom. The largest absolute Gasteiger partial charge is 0.508 e. The van der Waals surface area contributed by atoms with E-state index in [1.54, 1.807) is 17.0 Å². The summed E-state index contributed by atoms with van der Waals surface area (Å²) in [5.41, 5.74) is 2.60. The minimum absolute atomic E-state index is 0.100. The molecule has 0 bridgehead atoms. The Balaban J connectivity index is 1.71. The van der Waals surface area contributed by atoms with Gasteiger partial charge in [-0.2, -0.15) is 0 Å². The number of piperazine rings is 1. The van der Waals surface area contributed by atoms with Gasteiger partial charge < -0.3 is 31.5 Å². The third-order valence-corrected chi connectivity index (χ3v) is 7.45. The molecule has 0 aromatic heterocycles. The van der Waals surface area contributed by atoms with Gasteiger partial charge in [0.2, 0.25) is 5.78 Å². The summed E-state index contributed by atoms with van der Waals surface area (Å²) >= 11 is 0. The van der Waals surface area contributed by atoms with Crippen molar-refractivity contribution >= 4 is 23.2 Å². The minimum atomic E-state index is -2.60. The Hall–Kier alpha value is -3.21. The van der Waals surface area contributed by atoms with Crippen LogP contribution in [0.4, 0.5) is 0 Å². The topological polar surface area (TPSA) is 173 Å². The molecule has 1 saturated carbocycles. The molecule has 1 heterocycles. The average Bonchev–Trinajstić information content (AvgIpc) is 2.77. The number of phenols is 1. The number of nitrogens with zero attached hydrogens (tertiary/aromatic N) is 1. The summed E-state index contributed by atoms with van der Waals surface area (Å²) in [4.78, 5) is 41.0. The highest BCUT2D eigenvalue weighted by Crippen LogP contribution is 2.52. The van der Waals surface area contributed by atoms with Gasteiger partial charge in [-0.25, -0.2) is 0 Å². The highest BCUT2D eigenvalue weighted by molar-refractivity contribution is 6.24. The molecule has 1 aromatic carbocycles. The van der Waals surface area contributed by atoms with Crippen molar-refractivity contribution in [3.8, 4) is 5.75 Å². The van der Waals surface area contributed by atoms with Gasteiger partial charge in [-0.05, 0) is 30.4 Å². The molecule has 4 unspecified atom stereocenters. The molecule has 0 spiro atoms. The molecule has 1 aliphatic heterocycles. The maximum absolute atomic E-state index is 13.7. The molecule has 3 aliphatic carbocycles. The van der Waals surface area contributed by atoms with Crippen LogP contribution in [0.3, 0.4) is 0 Å². The highest BCUT2D eigenvalue weighted by Gasteiger charge is 2.64. The predicted octanol–water partition coefficient (Wildman–Crippen LogP) is -0.692. The molecular formula is C23H25N3O7. The van der Waals surface area contributed by atoms with Crippen LogP contribution >= 0.6 is 0 Å². The first-order chi connectivity index (χ1) is 15.7. The number of aliphatic hydroxyl groups is 3. The summed E-state index contributed by atoms with van der Waals surface area (Å²) in [5, 5.41) is 46.9. The molecule has 174 valence electrons. The lowest BCUT2D eigenvalue weighted by atomic mass is 9.57. The summed E-state index contributed by atoms with van der Waals surface area (Å²) in [6.45, 7) is 2.04. The Bertz CT molecular complexity index is 1150. The van der Waals surface area contributed by atoms with Crippen LogP contribution in [0.15, 0.2) is 35.1 Å². The van der Waals surface area contributed by atoms with Crippen LogP contribution in [0.25, 0.3) is 5.76 Å². The average molecular weight is 455 g/mol. The Morgan fingerprint density at radius 1 is 1.15 bits per heavy atom. The molecule has 2 fully saturated rings. The van der Waals surface area contributed by atoms with Gasteiger partial charge in [0.25, 0.3) is 5.91 Å². The number of primary amides is 1. The third-order valence-electron chi connectivity index (χ3n) is 7.45. The molecule has 10 heteroatoms. The van der Waals surface area contributed by atoms with Crippen molar-refractivity contribution in [2.24, 2.45) is 17.6 Å². The second-order valence-electron chi connectivity index (χ2n) is 9.10. The van der Waals surface area contributed by atoms with Gasteiger partial charge in [0.15, 0.2) is 11.4 Å². The van der Waals surface area contributed by atoms with Gasteiger partial charge in [0.05, 0.1) is 11.6 Å². The van der Waals surface area contributed by atoms with Gasteiger partial charge in [-0.3, -0.25) is 19.3 Å². The smallest absolute Gasteiger partial charge is 0.255 e. The fourth-order valence-corrected chi connectivity index (χ4v) is 5.97. The maximum Gasteiger partial charge on any atom is 0.255 e. The number of Topliss-reactive ketones (excluding diaryl/α,β-unsaturated/α-hetero) is 2. The van der Waals surface area contributed by atoms with Crippen LogP contribution in [0.5, 0.6) is 5.75 Å². The van der Waals surface area contributed by atoms with Gasteiger partial charge in [-0.1, -0.05) is 12.1 Å². The number of amides is 1. The van der Waals surface area contributed by atoms with Crippen molar-refractivity contribution < 1.29 is 34.8 Å². The first-order valence-electron chi connectivity index (χ1n) is 10.9. The predicted molar refractivity (Wildman–Crippen MR) is 115 cm³/mol. The number of nitrogens with two attached hydrogens (primary N) is 1. The Morgan fingerprint density at radius 3 is 2.52 bits per heavy atom. The molecule has 10 nitrogen and oxygen atoms in total. The number of nitrogens with one attached hydrogen (secondary N) is 1. The number of fused-ring (bicyclic) bond motifs is 3. The summed E-state index contributed by atoms with van der Waals surface area (Å²) in [6, 6.07) is 3.71. The Kier molecular flexibility index (Phi) is 4.85. The standard InChI is InChI=1S/C23H25N3O7/c24-22(32)16-19(29)17(26-6-4-25-5-7-26)12-9-11-8-10-2-1-3-13(27)14(10)18(28)15(11)20(30)23(12,33)21(16)31/h1-3,11-12,17,25,27-28,31,33H,4-9H2,(H2,24,32). The molecule has 4 atom stereocenters. The SMILES string of the molecule is NC(=O)C1=C(O)C2(O)C(=O)C3=C(O)c4c(O)cccc4CC3CC2C(N2CCNCC2)C1=O. The number of aromatic hydroxyl groups is 1. The van der Waals surface area contributed by atoms with E-state index in [1.165, 1.54) is 6.07 Å². The number of carbonyl (C=O) groups excluding carboxylic acids is 3. The Labute approximate surface area is 189 Å². The summed E-state index contributed by atoms with van der Waals surface area (Å²) in [6.07, 6.45) is 0.407. The number of benzene rings is 1. The fraction of sp³-hybridized carbons (Fsp3) is 0.435. The molecule has 5 rings (SSSR count). The van der Waals surface area contributed by atoms with Crippen molar-refractivity contribution in [2.45, 2.75) is 24.5 Å². The molecule has 1 amide bonds. The van der Waals surface area contributed by atoms with Crippen LogP contribution in [0.1, 0.15) is 17.5 Å². The summed E-state index contributed by atoms with van der Waals surface area (Å²) in [5.74, 6) is -6.27. The van der Waals surface area contributed by atoms with Gasteiger partial charge in [0, 0.05) is 37.7 Å². The van der Waals surface area contributed by atoms with E-state index in [4.69, 9.17) is 5.73 Å². The fourth-order valence-electron chi connectivity index (χ4n) is 5.97. The van der Waals surface area contributed by atoms with Crippen LogP contribution in [-0.2, 0) is 20.8 Å². The van der Waals surface area contributed by atoms with Crippen molar-refractivity contribution in [3.63, 3.8) is 0 Å². The van der Waals surface area contributed by atoms with Crippen molar-refractivity contribution in [2.75, 3.05) is 26.2 Å². The van der Waals surface area contributed by atoms with E-state index in [1.807, 2.05) is 0 Å². The van der Waals surface area contributed by atoms with E-state index in [2.05, 4.69) is 5.32 Å². The number of hydrogen-bond donors (Lipinski definition) is 6. The quantitative estimate of drug-likeness (QED) is 0.315. The van der Waals surface area contributed by atoms with E-state index in [-0.39, 0.29) is 23.3 Å². The monoisotopic (exact) mass is 455 g/mol. The molecule has 1 saturated heterocycles. The highest BCUT2D eigenvalue weighted by atomic mass is 16.3. The number of phenolic OH excluding ortho intramolecular Hbond substituents is 1. The number of ketones is 2. The molecule has 0 radical (unpaired) electrons. The van der Waals surface area contributed by atoms with Crippen molar-refractivity contribution in [1.82, 2.24) is 10.2 Å². The van der Waals surface area contributed by atoms with Crippen molar-refractivity contribution in [1.29, 1.82) is 0 Å². The minimum Gasteiger partial charge on any atom is -0.508 e. The number of aliphatic hydroxyl groups excluding tert-OH is 2. The zero-order valence-electron chi connectivity index (χ0n) is 17.7. The van der Waals surface area contributed by atoms with E-state index in [9.17, 15) is 34.8 Å². The van der Waals surface area contributed by atoms with E-state index < -0.39 is 58.0 Å². The lowest BCUT2D eigenvalue weighted by Gasteiger charge is -2.51. The number of hydrogen-bond acceptors (Lipinski definition) is 9. The third kappa shape index (κ3) is 2.87. The number of carbonyl (C=O) groups is 3. The van der Waals surface area contributed by atoms with Crippen LogP contribution < -0.4 is 11.1 Å². The van der Waals surface area contributed by atoms with Crippen LogP contribution in [0.2, 0.25) is 0 Å². The maximum atomic E-state index is 13.7. The molecular weight excluding hydrogens is 430 g/mol. The normalized spacial score (nSPS) is 32.3. The van der Waals surface area contributed by atoms with Crippen molar-refractivity contribution in [3.05, 3.63) is 46.2 Å². The first-order valence-corrected chi connectivity index (χ1v) is 10.9. The second-order valence-corrected chi connectivity index (χ2v) is 9.10. The van der Waals surface area contributed by atoms with Gasteiger partial charge in [0.1, 0.15) is 22.8 Å². The van der Waals surface area contributed by atoms with Gasteiger partial charge in [-0.15, -0.1) is 0 Å².